The van der Waals surface area contributed by atoms with Gasteiger partial charge in [0.25, 0.3) is 0 Å². The van der Waals surface area contributed by atoms with Crippen LogP contribution in [0.2, 0.25) is 0 Å². The van der Waals surface area contributed by atoms with Crippen LogP contribution in [0.5, 0.6) is 5.88 Å². The normalized spacial score (nSPS) is 10.1. The molecule has 2 rings (SSSR count). The molecule has 5 heteroatoms. The zero-order valence-corrected chi connectivity index (χ0v) is 10.6. The molecule has 2 heterocycles. The fraction of sp³-hybridized carbons (Fsp3) is 0.308. The molecule has 0 radical (unpaired) electrons. The summed E-state index contributed by atoms with van der Waals surface area (Å²) < 4.78 is 5.10. The van der Waals surface area contributed by atoms with E-state index in [1.54, 1.807) is 19.6 Å². The van der Waals surface area contributed by atoms with E-state index in [1.807, 2.05) is 18.2 Å². The van der Waals surface area contributed by atoms with E-state index in [-0.39, 0.29) is 0 Å². The molecule has 0 aliphatic carbocycles. The van der Waals surface area contributed by atoms with E-state index < -0.39 is 0 Å². The fourth-order valence-corrected chi connectivity index (χ4v) is 1.55. The number of nitrogens with zero attached hydrogens (tertiary/aromatic N) is 3. The van der Waals surface area contributed by atoms with E-state index in [0.29, 0.717) is 5.88 Å². The van der Waals surface area contributed by atoms with E-state index in [4.69, 9.17) is 4.74 Å². The molecule has 0 fully saturated rings. The minimum absolute atomic E-state index is 0.578. The molecule has 18 heavy (non-hydrogen) atoms. The van der Waals surface area contributed by atoms with Crippen LogP contribution in [0.4, 0.5) is 5.82 Å². The zero-order valence-electron chi connectivity index (χ0n) is 10.6. The molecule has 0 saturated heterocycles. The zero-order chi connectivity index (χ0) is 12.8. The molecule has 0 atom stereocenters. The van der Waals surface area contributed by atoms with E-state index in [9.17, 15) is 0 Å². The van der Waals surface area contributed by atoms with Crippen molar-refractivity contribution in [3.05, 3.63) is 30.7 Å². The van der Waals surface area contributed by atoms with Crippen LogP contribution in [0.1, 0.15) is 13.3 Å². The number of aromatic nitrogens is 3. The first-order valence-corrected chi connectivity index (χ1v) is 5.90. The highest BCUT2D eigenvalue weighted by Crippen LogP contribution is 2.21. The van der Waals surface area contributed by atoms with Gasteiger partial charge in [-0.1, -0.05) is 6.92 Å². The van der Waals surface area contributed by atoms with Gasteiger partial charge < -0.3 is 10.1 Å². The minimum atomic E-state index is 0.578. The number of anilines is 1. The number of hydrogen-bond acceptors (Lipinski definition) is 5. The van der Waals surface area contributed by atoms with Gasteiger partial charge in [0.05, 0.1) is 12.8 Å². The fourth-order valence-electron chi connectivity index (χ4n) is 1.55. The molecule has 0 bridgehead atoms. The largest absolute Gasteiger partial charge is 0.481 e. The van der Waals surface area contributed by atoms with Gasteiger partial charge in [0.2, 0.25) is 5.88 Å². The van der Waals surface area contributed by atoms with Crippen molar-refractivity contribution >= 4 is 5.82 Å². The summed E-state index contributed by atoms with van der Waals surface area (Å²) in [6.07, 6.45) is 4.32. The van der Waals surface area contributed by atoms with Gasteiger partial charge in [0.15, 0.2) is 0 Å². The Balaban J connectivity index is 2.26. The van der Waals surface area contributed by atoms with Crippen LogP contribution in [0, 0.1) is 0 Å². The lowest BCUT2D eigenvalue weighted by Gasteiger charge is -2.06. The van der Waals surface area contributed by atoms with Crippen molar-refractivity contribution in [3.63, 3.8) is 0 Å². The molecule has 0 saturated carbocycles. The molecular formula is C13H16N4O. The van der Waals surface area contributed by atoms with Gasteiger partial charge in [-0.25, -0.2) is 15.0 Å². The number of methoxy groups -OCH3 is 1. The second-order valence-corrected chi connectivity index (χ2v) is 3.80. The molecule has 94 valence electrons. The van der Waals surface area contributed by atoms with Crippen molar-refractivity contribution in [1.82, 2.24) is 15.0 Å². The number of nitrogens with one attached hydrogen (secondary N) is 1. The molecule has 5 nitrogen and oxygen atoms in total. The molecule has 2 aromatic rings. The molecule has 2 aromatic heterocycles. The average Bonchev–Trinajstić information content (AvgIpc) is 2.45. The van der Waals surface area contributed by atoms with Crippen molar-refractivity contribution in [2.24, 2.45) is 0 Å². The van der Waals surface area contributed by atoms with Crippen molar-refractivity contribution in [3.8, 4) is 17.1 Å². The maximum Gasteiger partial charge on any atom is 0.213 e. The minimum Gasteiger partial charge on any atom is -0.481 e. The van der Waals surface area contributed by atoms with Crippen molar-refractivity contribution in [2.45, 2.75) is 13.3 Å². The van der Waals surface area contributed by atoms with Crippen molar-refractivity contribution in [2.75, 3.05) is 19.0 Å². The van der Waals surface area contributed by atoms with E-state index in [0.717, 1.165) is 30.0 Å². The molecule has 0 amide bonds. The third-order valence-electron chi connectivity index (χ3n) is 2.46. The Morgan fingerprint density at radius 3 is 2.89 bits per heavy atom. The Labute approximate surface area is 106 Å². The molecular weight excluding hydrogens is 228 g/mol. The monoisotopic (exact) mass is 244 g/mol. The maximum absolute atomic E-state index is 5.10. The molecule has 0 aliphatic heterocycles. The quantitative estimate of drug-likeness (QED) is 0.875. The van der Waals surface area contributed by atoms with Gasteiger partial charge in [0, 0.05) is 30.4 Å². The third-order valence-corrected chi connectivity index (χ3v) is 2.46. The number of ether oxygens (including phenoxy) is 1. The molecule has 0 unspecified atom stereocenters. The van der Waals surface area contributed by atoms with Crippen LogP contribution < -0.4 is 10.1 Å². The summed E-state index contributed by atoms with van der Waals surface area (Å²) >= 11 is 0. The van der Waals surface area contributed by atoms with Crippen molar-refractivity contribution in [1.29, 1.82) is 0 Å². The predicted molar refractivity (Wildman–Crippen MR) is 70.6 cm³/mol. The molecule has 1 N–H and O–H groups in total. The standard InChI is InChI=1S/C13H16N4O/c1-3-5-14-12-8-11(16-9-17-12)10-4-6-15-13(7-10)18-2/h4,6-9H,3,5H2,1-2H3,(H,14,16,17). The summed E-state index contributed by atoms with van der Waals surface area (Å²) in [7, 11) is 1.60. The van der Waals surface area contributed by atoms with E-state index >= 15 is 0 Å². The van der Waals surface area contributed by atoms with Gasteiger partial charge in [0.1, 0.15) is 12.1 Å². The van der Waals surface area contributed by atoms with Gasteiger partial charge >= 0.3 is 0 Å². The highest BCUT2D eigenvalue weighted by molar-refractivity contribution is 5.62. The molecule has 0 aromatic carbocycles. The predicted octanol–water partition coefficient (Wildman–Crippen LogP) is 2.37. The summed E-state index contributed by atoms with van der Waals surface area (Å²) in [5.74, 6) is 1.41. The Morgan fingerprint density at radius 2 is 2.11 bits per heavy atom. The van der Waals surface area contributed by atoms with Crippen LogP contribution in [0.15, 0.2) is 30.7 Å². The summed E-state index contributed by atoms with van der Waals surface area (Å²) in [6.45, 7) is 3.01. The second-order valence-electron chi connectivity index (χ2n) is 3.80. The summed E-state index contributed by atoms with van der Waals surface area (Å²) in [5.41, 5.74) is 1.81. The Bertz CT molecular complexity index is 516. The van der Waals surface area contributed by atoms with Gasteiger partial charge in [-0.05, 0) is 12.5 Å². The van der Waals surface area contributed by atoms with Crippen LogP contribution in [0.3, 0.4) is 0 Å². The Kier molecular flexibility index (Phi) is 4.06. The Morgan fingerprint density at radius 1 is 1.22 bits per heavy atom. The lowest BCUT2D eigenvalue weighted by Crippen LogP contribution is -2.02. The smallest absolute Gasteiger partial charge is 0.213 e. The summed E-state index contributed by atoms with van der Waals surface area (Å²) in [4.78, 5) is 12.5. The summed E-state index contributed by atoms with van der Waals surface area (Å²) in [5, 5.41) is 3.24. The molecule has 0 spiro atoms. The highest BCUT2D eigenvalue weighted by atomic mass is 16.5. The van der Waals surface area contributed by atoms with Crippen LogP contribution in [0.25, 0.3) is 11.3 Å². The average molecular weight is 244 g/mol. The third kappa shape index (κ3) is 2.94. The number of pyridine rings is 1. The molecule has 0 aliphatic rings. The maximum atomic E-state index is 5.10. The van der Waals surface area contributed by atoms with Crippen LogP contribution in [-0.4, -0.2) is 28.6 Å². The first kappa shape index (κ1) is 12.3. The summed E-state index contributed by atoms with van der Waals surface area (Å²) in [6, 6.07) is 5.67. The van der Waals surface area contributed by atoms with Gasteiger partial charge in [-0.15, -0.1) is 0 Å². The number of hydrogen-bond donors (Lipinski definition) is 1. The lowest BCUT2D eigenvalue weighted by atomic mass is 10.2. The van der Waals surface area contributed by atoms with E-state index in [1.165, 1.54) is 0 Å². The SMILES string of the molecule is CCCNc1cc(-c2ccnc(OC)c2)ncn1. The van der Waals surface area contributed by atoms with Gasteiger partial charge in [-0.2, -0.15) is 0 Å². The van der Waals surface area contributed by atoms with Crippen molar-refractivity contribution < 1.29 is 4.74 Å². The lowest BCUT2D eigenvalue weighted by molar-refractivity contribution is 0.398. The first-order valence-electron chi connectivity index (χ1n) is 5.90. The number of rotatable bonds is 5. The topological polar surface area (TPSA) is 59.9 Å². The van der Waals surface area contributed by atoms with Crippen LogP contribution in [-0.2, 0) is 0 Å². The first-order chi connectivity index (χ1) is 8.83. The van der Waals surface area contributed by atoms with E-state index in [2.05, 4.69) is 27.2 Å². The highest BCUT2D eigenvalue weighted by Gasteiger charge is 2.03. The second kappa shape index (κ2) is 5.95. The van der Waals surface area contributed by atoms with Gasteiger partial charge in [-0.3, -0.25) is 0 Å². The Hall–Kier alpha value is -2.17. The van der Waals surface area contributed by atoms with Crippen LogP contribution >= 0.6 is 0 Å².